The molecule has 1 fully saturated rings. The van der Waals surface area contributed by atoms with E-state index >= 15 is 0 Å². The molecule has 0 radical (unpaired) electrons. The van der Waals surface area contributed by atoms with Gasteiger partial charge in [-0.2, -0.15) is 13.2 Å². The van der Waals surface area contributed by atoms with Crippen molar-refractivity contribution in [3.8, 4) is 0 Å². The molecule has 1 unspecified atom stereocenters. The van der Waals surface area contributed by atoms with Gasteiger partial charge < -0.3 is 15.1 Å². The highest BCUT2D eigenvalue weighted by Crippen LogP contribution is 2.36. The minimum atomic E-state index is -4.43. The fourth-order valence-electron chi connectivity index (χ4n) is 3.02. The molecule has 0 spiro atoms. The number of anilines is 1. The normalized spacial score (nSPS) is 16.5. The Kier molecular flexibility index (Phi) is 6.86. The van der Waals surface area contributed by atoms with Crippen LogP contribution in [-0.2, 0) is 9.59 Å². The first kappa shape index (κ1) is 21.2. The number of quaternary nitrogens is 1. The van der Waals surface area contributed by atoms with Crippen molar-refractivity contribution in [3.05, 3.63) is 29.8 Å². The van der Waals surface area contributed by atoms with Crippen LogP contribution in [-0.4, -0.2) is 55.6 Å². The van der Waals surface area contributed by atoms with E-state index in [1.165, 1.54) is 0 Å². The number of alkyl halides is 3. The molecular formula is C19H27F3N3O2+. The van der Waals surface area contributed by atoms with Crippen LogP contribution >= 0.6 is 0 Å². The first-order valence-corrected chi connectivity index (χ1v) is 9.09. The molecule has 2 N–H and O–H groups in total. The summed E-state index contributed by atoms with van der Waals surface area (Å²) in [4.78, 5) is 26.0. The Labute approximate surface area is 157 Å². The van der Waals surface area contributed by atoms with Gasteiger partial charge in [-0.25, -0.2) is 0 Å². The molecule has 0 aliphatic heterocycles. The van der Waals surface area contributed by atoms with Gasteiger partial charge in [0.1, 0.15) is 6.54 Å². The van der Waals surface area contributed by atoms with E-state index in [1.54, 1.807) is 26.1 Å². The maximum absolute atomic E-state index is 12.9. The number of nitrogens with one attached hydrogen (secondary N) is 2. The number of nitrogens with zero attached hydrogens (tertiary/aromatic N) is 1. The molecule has 1 aliphatic rings. The summed E-state index contributed by atoms with van der Waals surface area (Å²) in [5, 5.41) is 2.73. The third-order valence-electron chi connectivity index (χ3n) is 4.72. The quantitative estimate of drug-likeness (QED) is 0.714. The van der Waals surface area contributed by atoms with Crippen LogP contribution in [0.5, 0.6) is 0 Å². The lowest BCUT2D eigenvalue weighted by atomic mass is 10.1. The predicted molar refractivity (Wildman–Crippen MR) is 96.4 cm³/mol. The number of aryl methyl sites for hydroxylation is 1. The third-order valence-corrected chi connectivity index (χ3v) is 4.72. The average Bonchev–Trinajstić information content (AvgIpc) is 3.38. The Morgan fingerprint density at radius 1 is 1.22 bits per heavy atom. The molecule has 1 aliphatic carbocycles. The zero-order valence-corrected chi connectivity index (χ0v) is 15.9. The Morgan fingerprint density at radius 2 is 1.81 bits per heavy atom. The highest BCUT2D eigenvalue weighted by molar-refractivity contribution is 5.91. The number of hydrogen-bond acceptors (Lipinski definition) is 2. The molecule has 27 heavy (non-hydrogen) atoms. The third kappa shape index (κ3) is 7.21. The molecular weight excluding hydrogens is 359 g/mol. The highest BCUT2D eigenvalue weighted by Gasteiger charge is 2.41. The molecule has 2 atom stereocenters. The van der Waals surface area contributed by atoms with Crippen LogP contribution in [0.1, 0.15) is 25.3 Å². The zero-order valence-electron chi connectivity index (χ0n) is 15.9. The molecule has 1 saturated carbocycles. The van der Waals surface area contributed by atoms with Crippen LogP contribution in [0.25, 0.3) is 0 Å². The maximum Gasteiger partial charge on any atom is 0.406 e. The predicted octanol–water partition coefficient (Wildman–Crippen LogP) is 1.64. The Bertz CT molecular complexity index is 657. The Morgan fingerprint density at radius 3 is 2.33 bits per heavy atom. The molecule has 1 aromatic carbocycles. The van der Waals surface area contributed by atoms with Crippen LogP contribution in [0.3, 0.4) is 0 Å². The van der Waals surface area contributed by atoms with Crippen LogP contribution in [0, 0.1) is 12.8 Å². The molecule has 0 aromatic heterocycles. The minimum Gasteiger partial charge on any atom is -0.326 e. The second-order valence-corrected chi connectivity index (χ2v) is 7.44. The summed E-state index contributed by atoms with van der Waals surface area (Å²) in [6.45, 7) is 2.20. The topological polar surface area (TPSA) is 53.9 Å². The van der Waals surface area contributed by atoms with Crippen molar-refractivity contribution in [3.63, 3.8) is 0 Å². The van der Waals surface area contributed by atoms with E-state index in [9.17, 15) is 22.8 Å². The zero-order chi connectivity index (χ0) is 20.2. The van der Waals surface area contributed by atoms with Gasteiger partial charge >= 0.3 is 6.18 Å². The van der Waals surface area contributed by atoms with Gasteiger partial charge in [0.2, 0.25) is 0 Å². The van der Waals surface area contributed by atoms with Gasteiger partial charge in [0.15, 0.2) is 13.1 Å². The molecule has 0 bridgehead atoms. The summed E-state index contributed by atoms with van der Waals surface area (Å²) in [5.41, 5.74) is 1.71. The maximum atomic E-state index is 12.9. The van der Waals surface area contributed by atoms with Crippen LogP contribution < -0.4 is 10.2 Å². The molecule has 2 rings (SSSR count). The first-order chi connectivity index (χ1) is 12.5. The summed E-state index contributed by atoms with van der Waals surface area (Å²) in [6, 6.07) is 6.84. The van der Waals surface area contributed by atoms with Crippen molar-refractivity contribution in [2.45, 2.75) is 38.9 Å². The second kappa shape index (κ2) is 8.73. The molecule has 2 amide bonds. The standard InChI is InChI=1S/C19H26F3N3O2/c1-13-4-8-16(9-5-13)23-17(26)10-24(3)11-18(27)25(12-19(20,21)22)14(2)15-6-7-15/h4-5,8-9,14-15H,6-7,10-12H2,1-3H3,(H,23,26)/p+1/t14-/m1/s1. The average molecular weight is 386 g/mol. The molecule has 0 heterocycles. The fraction of sp³-hybridized carbons (Fsp3) is 0.579. The first-order valence-electron chi connectivity index (χ1n) is 9.09. The van der Waals surface area contributed by atoms with E-state index < -0.39 is 24.7 Å². The lowest BCUT2D eigenvalue weighted by Gasteiger charge is -2.30. The molecule has 5 nitrogen and oxygen atoms in total. The smallest absolute Gasteiger partial charge is 0.326 e. The van der Waals surface area contributed by atoms with E-state index in [2.05, 4.69) is 5.32 Å². The van der Waals surface area contributed by atoms with Crippen LogP contribution in [0.4, 0.5) is 18.9 Å². The van der Waals surface area contributed by atoms with E-state index in [4.69, 9.17) is 0 Å². The highest BCUT2D eigenvalue weighted by atomic mass is 19.4. The van der Waals surface area contributed by atoms with Crippen LogP contribution in [0.2, 0.25) is 0 Å². The number of hydrogen-bond donors (Lipinski definition) is 2. The van der Waals surface area contributed by atoms with E-state index in [0.29, 0.717) is 10.6 Å². The molecule has 8 heteroatoms. The SMILES string of the molecule is Cc1ccc(NC(=O)C[NH+](C)CC(=O)N(CC(F)(F)F)[C@H](C)C2CC2)cc1. The number of halogens is 3. The van der Waals surface area contributed by atoms with Gasteiger partial charge in [0.05, 0.1) is 7.05 Å². The summed E-state index contributed by atoms with van der Waals surface area (Å²) < 4.78 is 38.6. The monoisotopic (exact) mass is 386 g/mol. The van der Waals surface area contributed by atoms with Crippen molar-refractivity contribution in [2.24, 2.45) is 5.92 Å². The van der Waals surface area contributed by atoms with Crippen molar-refractivity contribution >= 4 is 17.5 Å². The lowest BCUT2D eigenvalue weighted by Crippen LogP contribution is -3.11. The number of carbonyl (C=O) groups excluding carboxylic acids is 2. The largest absolute Gasteiger partial charge is 0.406 e. The molecule has 1 aromatic rings. The second-order valence-electron chi connectivity index (χ2n) is 7.44. The number of amides is 2. The van der Waals surface area contributed by atoms with Crippen molar-refractivity contribution in [2.75, 3.05) is 32.0 Å². The fourth-order valence-corrected chi connectivity index (χ4v) is 3.02. The summed E-state index contributed by atoms with van der Waals surface area (Å²) in [6.07, 6.45) is -2.73. The van der Waals surface area contributed by atoms with E-state index in [0.717, 1.165) is 23.3 Å². The van der Waals surface area contributed by atoms with Gasteiger partial charge in [-0.1, -0.05) is 17.7 Å². The van der Waals surface area contributed by atoms with Crippen molar-refractivity contribution < 1.29 is 27.7 Å². The van der Waals surface area contributed by atoms with E-state index in [-0.39, 0.29) is 24.9 Å². The van der Waals surface area contributed by atoms with Gasteiger partial charge in [-0.3, -0.25) is 9.59 Å². The van der Waals surface area contributed by atoms with Gasteiger partial charge in [-0.15, -0.1) is 0 Å². The van der Waals surface area contributed by atoms with Crippen LogP contribution in [0.15, 0.2) is 24.3 Å². The van der Waals surface area contributed by atoms with Gasteiger partial charge in [0, 0.05) is 11.7 Å². The Hall–Kier alpha value is -2.09. The van der Waals surface area contributed by atoms with Crippen molar-refractivity contribution in [1.82, 2.24) is 4.90 Å². The van der Waals surface area contributed by atoms with Gasteiger partial charge in [0.25, 0.3) is 11.8 Å². The number of likely N-dealkylation sites (N-methyl/N-ethyl adjacent to an activating group) is 1. The van der Waals surface area contributed by atoms with Crippen molar-refractivity contribution in [1.29, 1.82) is 0 Å². The summed E-state index contributed by atoms with van der Waals surface area (Å²) >= 11 is 0. The molecule has 0 saturated heterocycles. The number of rotatable bonds is 8. The number of carbonyl (C=O) groups is 2. The lowest BCUT2D eigenvalue weighted by molar-refractivity contribution is -0.862. The summed E-state index contributed by atoms with van der Waals surface area (Å²) in [7, 11) is 1.63. The number of benzene rings is 1. The van der Waals surface area contributed by atoms with Gasteiger partial charge in [-0.05, 0) is 44.7 Å². The van der Waals surface area contributed by atoms with E-state index in [1.807, 2.05) is 19.1 Å². The summed E-state index contributed by atoms with van der Waals surface area (Å²) in [5.74, 6) is -0.726. The minimum absolute atomic E-state index is 0.00269. The molecule has 150 valence electrons. The Balaban J connectivity index is 1.89.